The molecule has 3 aromatic rings. The predicted molar refractivity (Wildman–Crippen MR) is 120 cm³/mol. The van der Waals surface area contributed by atoms with Crippen LogP contribution in [-0.2, 0) is 16.6 Å². The van der Waals surface area contributed by atoms with Crippen LogP contribution < -0.4 is 14.8 Å². The van der Waals surface area contributed by atoms with Gasteiger partial charge in [0.25, 0.3) is 10.0 Å². The highest BCUT2D eigenvalue weighted by molar-refractivity contribution is 7.92. The molecule has 0 spiro atoms. The molecule has 0 amide bonds. The number of rotatable bonds is 8. The van der Waals surface area contributed by atoms with Crippen LogP contribution in [0.3, 0.4) is 0 Å². The van der Waals surface area contributed by atoms with Crippen LogP contribution in [0, 0.1) is 5.82 Å². The Morgan fingerprint density at radius 1 is 1.21 bits per heavy atom. The van der Waals surface area contributed by atoms with Gasteiger partial charge < -0.3 is 19.6 Å². The van der Waals surface area contributed by atoms with Crippen molar-refractivity contribution in [1.29, 1.82) is 0 Å². The van der Waals surface area contributed by atoms with Crippen LogP contribution >= 0.6 is 0 Å². The van der Waals surface area contributed by atoms with Crippen molar-refractivity contribution in [3.63, 3.8) is 0 Å². The average molecular weight is 472 g/mol. The summed E-state index contributed by atoms with van der Waals surface area (Å²) in [5, 5.41) is 12.9. The van der Waals surface area contributed by atoms with E-state index in [0.717, 1.165) is 24.7 Å². The molecule has 0 radical (unpaired) electrons. The summed E-state index contributed by atoms with van der Waals surface area (Å²) < 4.78 is 53.5. The Kier molecular flexibility index (Phi) is 6.21. The molecule has 0 atom stereocenters. The first-order valence-corrected chi connectivity index (χ1v) is 11.6. The van der Waals surface area contributed by atoms with Crippen molar-refractivity contribution in [2.45, 2.75) is 18.4 Å². The topological polar surface area (TPSA) is 118 Å². The number of aromatic carboxylic acids is 1. The molecule has 8 nitrogen and oxygen atoms in total. The van der Waals surface area contributed by atoms with Gasteiger partial charge in [-0.3, -0.25) is 4.72 Å². The second-order valence-corrected chi connectivity index (χ2v) is 8.86. The average Bonchev–Trinajstić information content (AvgIpc) is 3.25. The van der Waals surface area contributed by atoms with Crippen LogP contribution in [0.1, 0.15) is 28.6 Å². The Bertz CT molecular complexity index is 1350. The maximum atomic E-state index is 13.8. The summed E-state index contributed by atoms with van der Waals surface area (Å²) in [5.41, 5.74) is 0.808. The molecule has 172 valence electrons. The Morgan fingerprint density at radius 3 is 2.79 bits per heavy atom. The standard InChI is InChI=1S/C23H21FN2O6S/c1-2-25-10-3-4-14-12-15(24)5-8-20(14)33(29,30)26-18-7-6-17-16-9-11-31-19(16)13-32-22(17)21(18)23(27)28/h3-9,11-12,25-26H,2,10,13H2,1H3,(H,27,28)/b4-3-. The van der Waals surface area contributed by atoms with Gasteiger partial charge >= 0.3 is 5.97 Å². The van der Waals surface area contributed by atoms with Gasteiger partial charge in [-0.1, -0.05) is 19.1 Å². The maximum absolute atomic E-state index is 13.8. The molecule has 0 aliphatic carbocycles. The summed E-state index contributed by atoms with van der Waals surface area (Å²) in [5.74, 6) is -1.36. The van der Waals surface area contributed by atoms with Gasteiger partial charge in [-0.25, -0.2) is 17.6 Å². The minimum absolute atomic E-state index is 0.0184. The van der Waals surface area contributed by atoms with Crippen molar-refractivity contribution in [2.24, 2.45) is 0 Å². The third-order valence-corrected chi connectivity index (χ3v) is 6.51. The maximum Gasteiger partial charge on any atom is 0.341 e. The number of sulfonamides is 1. The number of fused-ring (bicyclic) bond motifs is 3. The fourth-order valence-corrected chi connectivity index (χ4v) is 4.83. The lowest BCUT2D eigenvalue weighted by molar-refractivity contribution is 0.0692. The lowest BCUT2D eigenvalue weighted by Crippen LogP contribution is -2.18. The number of carboxylic acid groups (broad SMARTS) is 1. The Morgan fingerprint density at radius 2 is 2.03 bits per heavy atom. The zero-order valence-electron chi connectivity index (χ0n) is 17.6. The largest absolute Gasteiger partial charge is 0.484 e. The van der Waals surface area contributed by atoms with Crippen molar-refractivity contribution >= 4 is 27.8 Å². The van der Waals surface area contributed by atoms with E-state index in [9.17, 15) is 22.7 Å². The lowest BCUT2D eigenvalue weighted by atomic mass is 9.98. The molecular formula is C23H21FN2O6S. The quantitative estimate of drug-likeness (QED) is 0.423. The van der Waals surface area contributed by atoms with Gasteiger partial charge in [-0.15, -0.1) is 0 Å². The highest BCUT2D eigenvalue weighted by Gasteiger charge is 2.29. The number of carboxylic acids is 1. The molecule has 2 aromatic carbocycles. The summed E-state index contributed by atoms with van der Waals surface area (Å²) in [6.07, 6.45) is 4.64. The van der Waals surface area contributed by atoms with E-state index in [1.807, 2.05) is 6.92 Å². The SMILES string of the molecule is CCNC/C=C\c1cc(F)ccc1S(=O)(=O)Nc1ccc2c(c1C(=O)O)OCc1occc1-2. The Hall–Kier alpha value is -3.63. The van der Waals surface area contributed by atoms with Gasteiger partial charge in [-0.05, 0) is 48.5 Å². The van der Waals surface area contributed by atoms with Crippen molar-refractivity contribution in [2.75, 3.05) is 17.8 Å². The number of ether oxygens (including phenoxy) is 1. The monoisotopic (exact) mass is 472 g/mol. The number of furan rings is 1. The smallest absolute Gasteiger partial charge is 0.341 e. The summed E-state index contributed by atoms with van der Waals surface area (Å²) in [7, 11) is -4.26. The van der Waals surface area contributed by atoms with Crippen molar-refractivity contribution in [1.82, 2.24) is 5.32 Å². The summed E-state index contributed by atoms with van der Waals surface area (Å²) in [4.78, 5) is 11.9. The second kappa shape index (κ2) is 9.08. The van der Waals surface area contributed by atoms with Crippen LogP contribution in [0.25, 0.3) is 17.2 Å². The van der Waals surface area contributed by atoms with Crippen LogP contribution in [0.2, 0.25) is 0 Å². The van der Waals surface area contributed by atoms with E-state index >= 15 is 0 Å². The molecule has 33 heavy (non-hydrogen) atoms. The molecule has 2 heterocycles. The molecule has 1 aliphatic rings. The van der Waals surface area contributed by atoms with E-state index in [-0.39, 0.29) is 34.1 Å². The van der Waals surface area contributed by atoms with Gasteiger partial charge in [0.2, 0.25) is 0 Å². The molecule has 4 rings (SSSR count). The first-order chi connectivity index (χ1) is 15.8. The summed E-state index contributed by atoms with van der Waals surface area (Å²) in [6.45, 7) is 3.14. The Balaban J connectivity index is 1.74. The fraction of sp³-hybridized carbons (Fsp3) is 0.174. The fourth-order valence-electron chi connectivity index (χ4n) is 3.58. The summed E-state index contributed by atoms with van der Waals surface area (Å²) >= 11 is 0. The molecule has 10 heteroatoms. The highest BCUT2D eigenvalue weighted by atomic mass is 32.2. The normalized spacial score (nSPS) is 12.8. The molecule has 3 N–H and O–H groups in total. The van der Waals surface area contributed by atoms with E-state index < -0.39 is 21.8 Å². The molecule has 0 unspecified atom stereocenters. The third kappa shape index (κ3) is 4.48. The lowest BCUT2D eigenvalue weighted by Gasteiger charge is -2.21. The first kappa shape index (κ1) is 22.6. The van der Waals surface area contributed by atoms with Gasteiger partial charge in [-0.2, -0.15) is 0 Å². The van der Waals surface area contributed by atoms with Crippen molar-refractivity contribution in [3.8, 4) is 16.9 Å². The molecule has 1 aromatic heterocycles. The number of anilines is 1. The van der Waals surface area contributed by atoms with Gasteiger partial charge in [0.1, 0.15) is 29.5 Å². The zero-order chi connectivity index (χ0) is 23.6. The van der Waals surface area contributed by atoms with Crippen LogP contribution in [0.5, 0.6) is 5.75 Å². The number of likely N-dealkylation sites (N-methyl/N-ethyl adjacent to an activating group) is 1. The number of halogens is 1. The molecule has 0 saturated heterocycles. The first-order valence-electron chi connectivity index (χ1n) is 10.1. The van der Waals surface area contributed by atoms with Gasteiger partial charge in [0.05, 0.1) is 16.8 Å². The van der Waals surface area contributed by atoms with Crippen LogP contribution in [0.4, 0.5) is 10.1 Å². The Labute approximate surface area is 189 Å². The van der Waals surface area contributed by atoms with E-state index in [1.54, 1.807) is 18.2 Å². The predicted octanol–water partition coefficient (Wildman–Crippen LogP) is 4.10. The molecule has 0 saturated carbocycles. The van der Waals surface area contributed by atoms with E-state index in [1.165, 1.54) is 18.4 Å². The second-order valence-electron chi connectivity index (χ2n) is 7.21. The van der Waals surface area contributed by atoms with E-state index in [4.69, 9.17) is 9.15 Å². The number of hydrogen-bond acceptors (Lipinski definition) is 6. The van der Waals surface area contributed by atoms with E-state index in [0.29, 0.717) is 23.4 Å². The number of hydrogen-bond donors (Lipinski definition) is 3. The van der Waals surface area contributed by atoms with Gasteiger partial charge in [0, 0.05) is 17.7 Å². The number of nitrogens with one attached hydrogen (secondary N) is 2. The zero-order valence-corrected chi connectivity index (χ0v) is 18.4. The third-order valence-electron chi connectivity index (χ3n) is 5.07. The molecule has 0 fully saturated rings. The highest BCUT2D eigenvalue weighted by Crippen LogP contribution is 2.43. The molecule has 0 bridgehead atoms. The molecule has 1 aliphatic heterocycles. The minimum atomic E-state index is -4.26. The van der Waals surface area contributed by atoms with Gasteiger partial charge in [0.15, 0.2) is 0 Å². The minimum Gasteiger partial charge on any atom is -0.484 e. The number of benzene rings is 2. The van der Waals surface area contributed by atoms with Crippen molar-refractivity contribution < 1.29 is 31.9 Å². The van der Waals surface area contributed by atoms with E-state index in [2.05, 4.69) is 10.0 Å². The van der Waals surface area contributed by atoms with Crippen molar-refractivity contribution in [3.05, 3.63) is 71.4 Å². The summed E-state index contributed by atoms with van der Waals surface area (Å²) in [6, 6.07) is 7.88. The number of carbonyl (C=O) groups is 1. The molecular weight excluding hydrogens is 451 g/mol. The van der Waals surface area contributed by atoms with Crippen LogP contribution in [-0.4, -0.2) is 32.6 Å². The van der Waals surface area contributed by atoms with Crippen LogP contribution in [0.15, 0.2) is 58.1 Å².